The quantitative estimate of drug-likeness (QED) is 0.818. The predicted molar refractivity (Wildman–Crippen MR) is 97.7 cm³/mol. The number of aryl methyl sites for hydroxylation is 1. The summed E-state index contributed by atoms with van der Waals surface area (Å²) in [5, 5.41) is 14.0. The SMILES string of the molecule is Cc1ccc(C(=O)[O-])cc1N=C1NC(=O)/C(=C/c2c(F)cccc2Cl)S1. The van der Waals surface area contributed by atoms with E-state index < -0.39 is 17.7 Å². The highest BCUT2D eigenvalue weighted by molar-refractivity contribution is 8.18. The number of amidine groups is 1. The Kier molecular flexibility index (Phi) is 5.11. The van der Waals surface area contributed by atoms with E-state index in [1.54, 1.807) is 13.0 Å². The summed E-state index contributed by atoms with van der Waals surface area (Å²) >= 11 is 6.98. The lowest BCUT2D eigenvalue weighted by Gasteiger charge is -2.06. The van der Waals surface area contributed by atoms with Crippen molar-refractivity contribution in [3.05, 3.63) is 68.8 Å². The number of carbonyl (C=O) groups is 2. The Hall–Kier alpha value is -2.64. The molecule has 26 heavy (non-hydrogen) atoms. The fourth-order valence-electron chi connectivity index (χ4n) is 2.23. The lowest BCUT2D eigenvalue weighted by molar-refractivity contribution is -0.255. The van der Waals surface area contributed by atoms with E-state index in [4.69, 9.17) is 11.6 Å². The van der Waals surface area contributed by atoms with Gasteiger partial charge in [-0.3, -0.25) is 4.79 Å². The molecule has 0 unspecified atom stereocenters. The van der Waals surface area contributed by atoms with Crippen molar-refractivity contribution in [2.24, 2.45) is 4.99 Å². The maximum atomic E-state index is 13.9. The molecule has 0 radical (unpaired) electrons. The van der Waals surface area contributed by atoms with E-state index in [1.165, 1.54) is 36.4 Å². The first-order chi connectivity index (χ1) is 12.3. The number of rotatable bonds is 3. The molecule has 1 saturated heterocycles. The van der Waals surface area contributed by atoms with Gasteiger partial charge in [-0.2, -0.15) is 0 Å². The van der Waals surface area contributed by atoms with Gasteiger partial charge in [0.05, 0.1) is 21.6 Å². The van der Waals surface area contributed by atoms with Crippen molar-refractivity contribution in [3.8, 4) is 0 Å². The van der Waals surface area contributed by atoms with Crippen molar-refractivity contribution in [1.29, 1.82) is 0 Å². The average Bonchev–Trinajstić information content (AvgIpc) is 2.92. The van der Waals surface area contributed by atoms with Crippen LogP contribution in [0.15, 0.2) is 46.3 Å². The van der Waals surface area contributed by atoms with Crippen molar-refractivity contribution in [2.75, 3.05) is 0 Å². The monoisotopic (exact) mass is 389 g/mol. The van der Waals surface area contributed by atoms with Gasteiger partial charge in [-0.15, -0.1) is 0 Å². The molecule has 0 bridgehead atoms. The second kappa shape index (κ2) is 7.31. The number of carbonyl (C=O) groups excluding carboxylic acids is 2. The van der Waals surface area contributed by atoms with E-state index >= 15 is 0 Å². The number of aliphatic imine (C=N–C) groups is 1. The van der Waals surface area contributed by atoms with Gasteiger partial charge in [0.15, 0.2) is 5.17 Å². The zero-order chi connectivity index (χ0) is 18.8. The van der Waals surface area contributed by atoms with Gasteiger partial charge in [0, 0.05) is 5.56 Å². The maximum Gasteiger partial charge on any atom is 0.264 e. The summed E-state index contributed by atoms with van der Waals surface area (Å²) in [6.07, 6.45) is 1.35. The summed E-state index contributed by atoms with van der Waals surface area (Å²) in [6, 6.07) is 8.63. The lowest BCUT2D eigenvalue weighted by atomic mass is 10.1. The summed E-state index contributed by atoms with van der Waals surface area (Å²) in [6.45, 7) is 1.76. The normalized spacial score (nSPS) is 17.0. The van der Waals surface area contributed by atoms with Gasteiger partial charge < -0.3 is 15.2 Å². The summed E-state index contributed by atoms with van der Waals surface area (Å²) < 4.78 is 13.9. The molecule has 0 saturated carbocycles. The molecule has 0 aromatic heterocycles. The summed E-state index contributed by atoms with van der Waals surface area (Å²) in [5.74, 6) is -2.30. The second-order valence-electron chi connectivity index (χ2n) is 5.41. The van der Waals surface area contributed by atoms with Crippen LogP contribution >= 0.6 is 23.4 Å². The lowest BCUT2D eigenvalue weighted by Crippen LogP contribution is -2.22. The highest BCUT2D eigenvalue weighted by Crippen LogP contribution is 2.31. The number of halogens is 2. The first kappa shape index (κ1) is 18.2. The molecule has 5 nitrogen and oxygen atoms in total. The Balaban J connectivity index is 1.93. The zero-order valence-corrected chi connectivity index (χ0v) is 15.0. The molecule has 1 fully saturated rings. The molecule has 0 atom stereocenters. The standard InChI is InChI=1S/C18H12ClFN2O3S/c1-9-5-6-10(17(24)25)7-14(9)21-18-22-16(23)15(26-18)8-11-12(19)3-2-4-13(11)20/h2-8H,1H3,(H,24,25)(H,21,22,23)/p-1/b15-8-. The van der Waals surface area contributed by atoms with E-state index in [9.17, 15) is 19.1 Å². The Labute approximate surface area is 157 Å². The molecule has 2 aromatic rings. The largest absolute Gasteiger partial charge is 0.545 e. The predicted octanol–water partition coefficient (Wildman–Crippen LogP) is 3.04. The molecule has 1 N–H and O–H groups in total. The van der Waals surface area contributed by atoms with Crippen molar-refractivity contribution in [1.82, 2.24) is 5.32 Å². The van der Waals surface area contributed by atoms with E-state index in [0.717, 1.165) is 17.3 Å². The van der Waals surface area contributed by atoms with Crippen LogP contribution in [0.1, 0.15) is 21.5 Å². The molecule has 0 aliphatic carbocycles. The number of carboxylic acids is 1. The number of carboxylic acid groups (broad SMARTS) is 1. The van der Waals surface area contributed by atoms with Gasteiger partial charge in [0.25, 0.3) is 5.91 Å². The molecule has 1 aliphatic heterocycles. The summed E-state index contributed by atoms with van der Waals surface area (Å²) in [4.78, 5) is 27.6. The third-order valence-corrected chi connectivity index (χ3v) is 4.83. The van der Waals surface area contributed by atoms with Crippen LogP contribution in [-0.2, 0) is 4.79 Å². The minimum absolute atomic E-state index is 0.0156. The van der Waals surface area contributed by atoms with E-state index in [2.05, 4.69) is 10.3 Å². The minimum atomic E-state index is -1.32. The van der Waals surface area contributed by atoms with Crippen LogP contribution in [0.2, 0.25) is 5.02 Å². The van der Waals surface area contributed by atoms with Gasteiger partial charge >= 0.3 is 0 Å². The number of nitrogens with zero attached hydrogens (tertiary/aromatic N) is 1. The molecular formula is C18H11ClFN2O3S-. The van der Waals surface area contributed by atoms with Crippen LogP contribution in [0.5, 0.6) is 0 Å². The number of aromatic carboxylic acids is 1. The molecular weight excluding hydrogens is 379 g/mol. The van der Waals surface area contributed by atoms with Gasteiger partial charge in [-0.25, -0.2) is 9.38 Å². The van der Waals surface area contributed by atoms with Crippen molar-refractivity contribution >= 4 is 52.2 Å². The molecule has 2 aromatic carbocycles. The van der Waals surface area contributed by atoms with Gasteiger partial charge in [-0.05, 0) is 54.1 Å². The number of hydrogen-bond donors (Lipinski definition) is 1. The Morgan fingerprint density at radius 3 is 2.81 bits per heavy atom. The van der Waals surface area contributed by atoms with Gasteiger partial charge in [-0.1, -0.05) is 29.8 Å². The highest BCUT2D eigenvalue weighted by atomic mass is 35.5. The maximum absolute atomic E-state index is 13.9. The first-order valence-corrected chi connectivity index (χ1v) is 8.60. The third-order valence-electron chi connectivity index (χ3n) is 3.59. The van der Waals surface area contributed by atoms with E-state index in [0.29, 0.717) is 5.69 Å². The number of thioether (sulfide) groups is 1. The Bertz CT molecular complexity index is 968. The second-order valence-corrected chi connectivity index (χ2v) is 6.84. The number of nitrogens with one attached hydrogen (secondary N) is 1. The van der Waals surface area contributed by atoms with Crippen molar-refractivity contribution < 1.29 is 19.1 Å². The van der Waals surface area contributed by atoms with E-state index in [-0.39, 0.29) is 26.2 Å². The topological polar surface area (TPSA) is 81.6 Å². The Morgan fingerprint density at radius 1 is 1.35 bits per heavy atom. The van der Waals surface area contributed by atoms with Gasteiger partial charge in [0.1, 0.15) is 5.82 Å². The third kappa shape index (κ3) is 3.79. The number of amides is 1. The number of hydrogen-bond acceptors (Lipinski definition) is 5. The van der Waals surface area contributed by atoms with Crippen LogP contribution in [0, 0.1) is 12.7 Å². The van der Waals surface area contributed by atoms with Crippen LogP contribution in [0.25, 0.3) is 6.08 Å². The smallest absolute Gasteiger partial charge is 0.264 e. The molecule has 132 valence electrons. The van der Waals surface area contributed by atoms with Crippen molar-refractivity contribution in [2.45, 2.75) is 6.92 Å². The fourth-order valence-corrected chi connectivity index (χ4v) is 3.26. The molecule has 8 heteroatoms. The molecule has 3 rings (SSSR count). The highest BCUT2D eigenvalue weighted by Gasteiger charge is 2.25. The van der Waals surface area contributed by atoms with Crippen LogP contribution in [-0.4, -0.2) is 17.0 Å². The van der Waals surface area contributed by atoms with Crippen LogP contribution < -0.4 is 10.4 Å². The van der Waals surface area contributed by atoms with Gasteiger partial charge in [0.2, 0.25) is 0 Å². The van der Waals surface area contributed by atoms with E-state index in [1.807, 2.05) is 0 Å². The molecule has 1 heterocycles. The minimum Gasteiger partial charge on any atom is -0.545 e. The summed E-state index contributed by atoms with van der Waals surface area (Å²) in [7, 11) is 0. The zero-order valence-electron chi connectivity index (χ0n) is 13.4. The molecule has 1 amide bonds. The Morgan fingerprint density at radius 2 is 2.12 bits per heavy atom. The molecule has 1 aliphatic rings. The number of benzene rings is 2. The van der Waals surface area contributed by atoms with Crippen molar-refractivity contribution in [3.63, 3.8) is 0 Å². The van der Waals surface area contributed by atoms with Crippen LogP contribution in [0.3, 0.4) is 0 Å². The average molecular weight is 390 g/mol. The fraction of sp³-hybridized carbons (Fsp3) is 0.0556. The first-order valence-electron chi connectivity index (χ1n) is 7.41. The summed E-state index contributed by atoms with van der Waals surface area (Å²) in [5.41, 5.74) is 1.22. The molecule has 0 spiro atoms. The van der Waals surface area contributed by atoms with Crippen LogP contribution in [0.4, 0.5) is 10.1 Å².